The molecule has 1 unspecified atom stereocenters. The maximum absolute atomic E-state index is 11.9. The summed E-state index contributed by atoms with van der Waals surface area (Å²) in [7, 11) is 0. The van der Waals surface area contributed by atoms with E-state index in [2.05, 4.69) is 10.6 Å². The summed E-state index contributed by atoms with van der Waals surface area (Å²) in [4.78, 5) is 12.9. The first kappa shape index (κ1) is 15.6. The van der Waals surface area contributed by atoms with Gasteiger partial charge >= 0.3 is 6.03 Å². The third-order valence-corrected chi connectivity index (χ3v) is 5.14. The first-order valence-corrected chi connectivity index (χ1v) is 8.20. The van der Waals surface area contributed by atoms with E-state index in [1.54, 1.807) is 0 Å². The highest BCUT2D eigenvalue weighted by atomic mass is 35.5. The molecule has 6 heteroatoms. The molecule has 1 aliphatic carbocycles. The van der Waals surface area contributed by atoms with E-state index in [1.807, 2.05) is 19.1 Å². The van der Waals surface area contributed by atoms with Gasteiger partial charge in [-0.3, -0.25) is 0 Å². The minimum absolute atomic E-state index is 0.0894. The lowest BCUT2D eigenvalue weighted by Crippen LogP contribution is -2.47. The van der Waals surface area contributed by atoms with E-state index in [1.165, 1.54) is 17.8 Å². The molecule has 0 saturated heterocycles. The van der Waals surface area contributed by atoms with Crippen LogP contribution in [0.5, 0.6) is 0 Å². The van der Waals surface area contributed by atoms with E-state index in [9.17, 15) is 9.90 Å². The monoisotopic (exact) mass is 316 g/mol. The first-order valence-electron chi connectivity index (χ1n) is 7.00. The lowest BCUT2D eigenvalue weighted by Gasteiger charge is -2.32. The van der Waals surface area contributed by atoms with E-state index in [-0.39, 0.29) is 12.1 Å². The number of urea groups is 1. The second-order valence-electron chi connectivity index (χ2n) is 5.48. The van der Waals surface area contributed by atoms with Gasteiger partial charge in [-0.2, -0.15) is 0 Å². The van der Waals surface area contributed by atoms with Crippen LogP contribution in [0.2, 0.25) is 4.34 Å². The molecule has 0 radical (unpaired) electrons. The van der Waals surface area contributed by atoms with Crippen molar-refractivity contribution in [3.8, 4) is 0 Å². The summed E-state index contributed by atoms with van der Waals surface area (Å²) >= 11 is 7.34. The van der Waals surface area contributed by atoms with E-state index >= 15 is 0 Å². The molecule has 1 saturated carbocycles. The Bertz CT molecular complexity index is 458. The Morgan fingerprint density at radius 3 is 2.75 bits per heavy atom. The van der Waals surface area contributed by atoms with Crippen LogP contribution < -0.4 is 10.6 Å². The van der Waals surface area contributed by atoms with Gasteiger partial charge < -0.3 is 15.7 Å². The van der Waals surface area contributed by atoms with Crippen LogP contribution in [0.15, 0.2) is 12.1 Å². The molecule has 1 aromatic heterocycles. The molecule has 4 nitrogen and oxygen atoms in total. The number of amides is 2. The predicted molar refractivity (Wildman–Crippen MR) is 82.3 cm³/mol. The minimum atomic E-state index is -0.731. The Labute approximate surface area is 128 Å². The van der Waals surface area contributed by atoms with Gasteiger partial charge in [-0.05, 0) is 31.9 Å². The van der Waals surface area contributed by atoms with Crippen LogP contribution in [0.1, 0.15) is 49.9 Å². The highest BCUT2D eigenvalue weighted by molar-refractivity contribution is 7.16. The average Bonchev–Trinajstić information content (AvgIpc) is 2.84. The lowest BCUT2D eigenvalue weighted by atomic mass is 9.85. The summed E-state index contributed by atoms with van der Waals surface area (Å²) in [6, 6.07) is 3.39. The minimum Gasteiger partial charge on any atom is -0.388 e. The number of hydrogen-bond donors (Lipinski definition) is 3. The van der Waals surface area contributed by atoms with E-state index in [4.69, 9.17) is 11.6 Å². The fraction of sp³-hybridized carbons (Fsp3) is 0.643. The molecule has 1 fully saturated rings. The van der Waals surface area contributed by atoms with Crippen molar-refractivity contribution in [3.63, 3.8) is 0 Å². The van der Waals surface area contributed by atoms with Crippen molar-refractivity contribution < 1.29 is 9.90 Å². The van der Waals surface area contributed by atoms with Crippen molar-refractivity contribution in [3.05, 3.63) is 21.3 Å². The van der Waals surface area contributed by atoms with Crippen LogP contribution in [-0.2, 0) is 0 Å². The Morgan fingerprint density at radius 1 is 1.45 bits per heavy atom. The summed E-state index contributed by atoms with van der Waals surface area (Å²) in [5.74, 6) is 0. The molecule has 1 aromatic rings. The highest BCUT2D eigenvalue weighted by Gasteiger charge is 2.29. The van der Waals surface area contributed by atoms with Crippen LogP contribution in [-0.4, -0.2) is 23.3 Å². The Balaban J connectivity index is 1.77. The zero-order valence-electron chi connectivity index (χ0n) is 11.6. The highest BCUT2D eigenvalue weighted by Crippen LogP contribution is 2.28. The maximum Gasteiger partial charge on any atom is 0.315 e. The smallest absolute Gasteiger partial charge is 0.315 e. The fourth-order valence-corrected chi connectivity index (χ4v) is 3.57. The number of nitrogens with one attached hydrogen (secondary N) is 2. The van der Waals surface area contributed by atoms with Gasteiger partial charge in [0.1, 0.15) is 0 Å². The number of carbonyl (C=O) groups is 1. The van der Waals surface area contributed by atoms with Gasteiger partial charge in [-0.15, -0.1) is 11.3 Å². The maximum atomic E-state index is 11.9. The lowest BCUT2D eigenvalue weighted by molar-refractivity contribution is 0.00714. The molecule has 0 aromatic carbocycles. The fourth-order valence-electron chi connectivity index (χ4n) is 2.51. The van der Waals surface area contributed by atoms with Crippen LogP contribution in [0.25, 0.3) is 0 Å². The van der Waals surface area contributed by atoms with Crippen LogP contribution >= 0.6 is 22.9 Å². The summed E-state index contributed by atoms with van der Waals surface area (Å²) in [5.41, 5.74) is -0.731. The van der Waals surface area contributed by atoms with Crippen molar-refractivity contribution >= 4 is 29.0 Å². The van der Waals surface area contributed by atoms with Gasteiger partial charge in [0.25, 0.3) is 0 Å². The Morgan fingerprint density at radius 2 is 2.15 bits per heavy atom. The third kappa shape index (κ3) is 4.36. The zero-order chi connectivity index (χ0) is 14.6. The molecule has 112 valence electrons. The molecule has 0 aliphatic heterocycles. The van der Waals surface area contributed by atoms with Gasteiger partial charge in [0, 0.05) is 11.4 Å². The van der Waals surface area contributed by atoms with E-state index in [0.29, 0.717) is 10.9 Å². The molecular formula is C14H21ClN2O2S. The van der Waals surface area contributed by atoms with Gasteiger partial charge in [0.2, 0.25) is 0 Å². The van der Waals surface area contributed by atoms with Gasteiger partial charge in [-0.1, -0.05) is 30.9 Å². The van der Waals surface area contributed by atoms with Gasteiger partial charge in [0.15, 0.2) is 0 Å². The van der Waals surface area contributed by atoms with Gasteiger partial charge in [0.05, 0.1) is 16.0 Å². The molecule has 3 N–H and O–H groups in total. The largest absolute Gasteiger partial charge is 0.388 e. The van der Waals surface area contributed by atoms with Gasteiger partial charge in [-0.25, -0.2) is 4.79 Å². The van der Waals surface area contributed by atoms with E-state index < -0.39 is 5.60 Å². The molecule has 1 aliphatic rings. The standard InChI is InChI=1S/C14H21ClN2O2S/c1-10(11-5-6-12(15)20-11)17-13(18)16-9-14(19)7-3-2-4-8-14/h5-6,10,19H,2-4,7-9H2,1H3,(H2,16,17,18). The summed E-state index contributed by atoms with van der Waals surface area (Å²) in [6.07, 6.45) is 4.77. The number of aliphatic hydroxyl groups is 1. The number of rotatable bonds is 4. The number of thiophene rings is 1. The quantitative estimate of drug-likeness (QED) is 0.796. The summed E-state index contributed by atoms with van der Waals surface area (Å²) in [5, 5.41) is 15.9. The van der Waals surface area contributed by atoms with Crippen molar-refractivity contribution in [2.24, 2.45) is 0 Å². The SMILES string of the molecule is CC(NC(=O)NCC1(O)CCCCC1)c1ccc(Cl)s1. The van der Waals surface area contributed by atoms with E-state index in [0.717, 1.165) is 30.6 Å². The molecule has 20 heavy (non-hydrogen) atoms. The summed E-state index contributed by atoms with van der Waals surface area (Å²) < 4.78 is 0.713. The predicted octanol–water partition coefficient (Wildman–Crippen LogP) is 3.46. The first-order chi connectivity index (χ1) is 9.48. The van der Waals surface area contributed by atoms with Crippen LogP contribution in [0, 0.1) is 0 Å². The number of halogens is 1. The molecule has 1 heterocycles. The normalized spacial score (nSPS) is 19.4. The van der Waals surface area contributed by atoms with Crippen molar-refractivity contribution in [2.45, 2.75) is 50.7 Å². The van der Waals surface area contributed by atoms with Crippen molar-refractivity contribution in [1.82, 2.24) is 10.6 Å². The average molecular weight is 317 g/mol. The molecule has 0 bridgehead atoms. The molecule has 2 rings (SSSR count). The van der Waals surface area contributed by atoms with Crippen LogP contribution in [0.4, 0.5) is 4.79 Å². The second kappa shape index (κ2) is 6.78. The molecule has 2 amide bonds. The number of carbonyl (C=O) groups excluding carboxylic acids is 1. The van der Waals surface area contributed by atoms with Crippen molar-refractivity contribution in [2.75, 3.05) is 6.54 Å². The Kier molecular flexibility index (Phi) is 5.29. The molecule has 0 spiro atoms. The molecule has 1 atom stereocenters. The molecular weight excluding hydrogens is 296 g/mol. The van der Waals surface area contributed by atoms with Crippen LogP contribution in [0.3, 0.4) is 0 Å². The number of hydrogen-bond acceptors (Lipinski definition) is 3. The Hall–Kier alpha value is -0.780. The summed E-state index contributed by atoms with van der Waals surface area (Å²) in [6.45, 7) is 2.23. The van der Waals surface area contributed by atoms with Crippen molar-refractivity contribution in [1.29, 1.82) is 0 Å². The third-order valence-electron chi connectivity index (χ3n) is 3.73. The zero-order valence-corrected chi connectivity index (χ0v) is 13.2. The topological polar surface area (TPSA) is 61.4 Å². The second-order valence-corrected chi connectivity index (χ2v) is 7.22.